The summed E-state index contributed by atoms with van der Waals surface area (Å²) >= 11 is 0. The molecule has 0 aromatic carbocycles. The number of nitrogens with zero attached hydrogens (tertiary/aromatic N) is 1. The second-order valence-corrected chi connectivity index (χ2v) is 3.35. The number of aromatic nitrogens is 1. The van der Waals surface area contributed by atoms with Gasteiger partial charge in [0.1, 0.15) is 5.60 Å². The summed E-state index contributed by atoms with van der Waals surface area (Å²) in [4.78, 5) is 4.14. The largest absolute Gasteiger partial charge is 0.381 e. The van der Waals surface area contributed by atoms with Crippen molar-refractivity contribution in [2.75, 3.05) is 13.1 Å². The summed E-state index contributed by atoms with van der Waals surface area (Å²) in [6.45, 7) is 3.23. The first-order valence-electron chi connectivity index (χ1n) is 4.07. The van der Waals surface area contributed by atoms with Crippen LogP contribution in [0.15, 0.2) is 18.3 Å². The maximum atomic E-state index is 9.88. The summed E-state index contributed by atoms with van der Waals surface area (Å²) < 4.78 is 0. The van der Waals surface area contributed by atoms with E-state index in [4.69, 9.17) is 0 Å². The van der Waals surface area contributed by atoms with Crippen molar-refractivity contribution in [1.82, 2.24) is 10.3 Å². The summed E-state index contributed by atoms with van der Waals surface area (Å²) in [5, 5.41) is 12.9. The summed E-state index contributed by atoms with van der Waals surface area (Å²) in [6.07, 6.45) is 1.74. The third kappa shape index (κ3) is 1.11. The molecular formula is C9H12N2O. The van der Waals surface area contributed by atoms with Crippen molar-refractivity contribution in [1.29, 1.82) is 0 Å². The molecule has 0 radical (unpaired) electrons. The Morgan fingerprint density at radius 3 is 2.83 bits per heavy atom. The molecule has 1 aromatic rings. The molecule has 12 heavy (non-hydrogen) atoms. The first kappa shape index (κ1) is 7.71. The molecule has 2 heterocycles. The van der Waals surface area contributed by atoms with Crippen LogP contribution in [0.3, 0.4) is 0 Å². The molecule has 3 nitrogen and oxygen atoms in total. The average molecular weight is 164 g/mol. The van der Waals surface area contributed by atoms with Crippen LogP contribution < -0.4 is 5.32 Å². The highest BCUT2D eigenvalue weighted by Crippen LogP contribution is 2.23. The fourth-order valence-electron chi connectivity index (χ4n) is 1.33. The van der Waals surface area contributed by atoms with Crippen molar-refractivity contribution >= 4 is 0 Å². The van der Waals surface area contributed by atoms with Crippen LogP contribution in [-0.4, -0.2) is 23.2 Å². The lowest BCUT2D eigenvalue weighted by Crippen LogP contribution is -2.57. The number of β-amino-alcohol motifs (C(OH)–C–C–N with tert-alkyl or cyclic N) is 1. The van der Waals surface area contributed by atoms with E-state index in [1.807, 2.05) is 19.1 Å². The summed E-state index contributed by atoms with van der Waals surface area (Å²) in [6, 6.07) is 3.86. The summed E-state index contributed by atoms with van der Waals surface area (Å²) in [7, 11) is 0. The molecular weight excluding hydrogens is 152 g/mol. The van der Waals surface area contributed by atoms with Gasteiger partial charge in [-0.1, -0.05) is 0 Å². The van der Waals surface area contributed by atoms with E-state index in [0.717, 1.165) is 11.3 Å². The number of pyridine rings is 1. The molecule has 0 spiro atoms. The zero-order chi connectivity index (χ0) is 8.60. The predicted molar refractivity (Wildman–Crippen MR) is 45.7 cm³/mol. The molecule has 1 saturated heterocycles. The van der Waals surface area contributed by atoms with E-state index < -0.39 is 5.60 Å². The Labute approximate surface area is 71.4 Å². The zero-order valence-corrected chi connectivity index (χ0v) is 7.04. The minimum Gasteiger partial charge on any atom is -0.381 e. The Morgan fingerprint density at radius 1 is 1.58 bits per heavy atom. The van der Waals surface area contributed by atoms with Crippen LogP contribution >= 0.6 is 0 Å². The normalized spacial score (nSPS) is 20.2. The molecule has 1 fully saturated rings. The van der Waals surface area contributed by atoms with Gasteiger partial charge in [-0.15, -0.1) is 0 Å². The van der Waals surface area contributed by atoms with Crippen LogP contribution in [0.2, 0.25) is 0 Å². The van der Waals surface area contributed by atoms with Crippen LogP contribution in [0.1, 0.15) is 11.3 Å². The number of aryl methyl sites for hydroxylation is 1. The molecule has 0 bridgehead atoms. The molecule has 0 atom stereocenters. The van der Waals surface area contributed by atoms with Gasteiger partial charge in [0.25, 0.3) is 0 Å². The number of hydrogen-bond donors (Lipinski definition) is 2. The fourth-order valence-corrected chi connectivity index (χ4v) is 1.33. The van der Waals surface area contributed by atoms with Crippen molar-refractivity contribution < 1.29 is 5.11 Å². The summed E-state index contributed by atoms with van der Waals surface area (Å²) in [5.74, 6) is 0. The van der Waals surface area contributed by atoms with Crippen LogP contribution in [0.4, 0.5) is 0 Å². The smallest absolute Gasteiger partial charge is 0.131 e. The van der Waals surface area contributed by atoms with Gasteiger partial charge in [0, 0.05) is 19.3 Å². The van der Waals surface area contributed by atoms with E-state index in [0.29, 0.717) is 13.1 Å². The molecule has 1 aliphatic rings. The standard InChI is InChI=1S/C9H12N2O/c1-7-2-3-11-8(4-7)9(12)5-10-6-9/h2-4,10,12H,5-6H2,1H3. The predicted octanol–water partition coefficient (Wildman–Crippen LogP) is 0.181. The number of aliphatic hydroxyl groups is 1. The molecule has 0 unspecified atom stereocenters. The van der Waals surface area contributed by atoms with Crippen LogP contribution in [0.25, 0.3) is 0 Å². The lowest BCUT2D eigenvalue weighted by atomic mass is 9.92. The fraction of sp³-hybridized carbons (Fsp3) is 0.444. The van der Waals surface area contributed by atoms with Crippen LogP contribution in [0, 0.1) is 6.92 Å². The molecule has 1 aromatic heterocycles. The Hall–Kier alpha value is -0.930. The monoisotopic (exact) mass is 164 g/mol. The molecule has 3 heteroatoms. The van der Waals surface area contributed by atoms with E-state index in [2.05, 4.69) is 10.3 Å². The first-order chi connectivity index (χ1) is 5.71. The zero-order valence-electron chi connectivity index (χ0n) is 7.04. The minimum absolute atomic E-state index is 0.615. The Bertz CT molecular complexity index is 294. The van der Waals surface area contributed by atoms with E-state index in [9.17, 15) is 5.11 Å². The van der Waals surface area contributed by atoms with Gasteiger partial charge in [-0.05, 0) is 24.6 Å². The Balaban J connectivity index is 2.33. The van der Waals surface area contributed by atoms with E-state index >= 15 is 0 Å². The van der Waals surface area contributed by atoms with Crippen molar-refractivity contribution in [3.8, 4) is 0 Å². The van der Waals surface area contributed by atoms with Gasteiger partial charge < -0.3 is 10.4 Å². The molecule has 64 valence electrons. The maximum Gasteiger partial charge on any atom is 0.131 e. The van der Waals surface area contributed by atoms with Gasteiger partial charge >= 0.3 is 0 Å². The SMILES string of the molecule is Cc1ccnc(C2(O)CNC2)c1. The van der Waals surface area contributed by atoms with Crippen LogP contribution in [0.5, 0.6) is 0 Å². The van der Waals surface area contributed by atoms with Crippen molar-refractivity contribution in [2.24, 2.45) is 0 Å². The van der Waals surface area contributed by atoms with E-state index in [-0.39, 0.29) is 0 Å². The number of rotatable bonds is 1. The Kier molecular flexibility index (Phi) is 1.63. The topological polar surface area (TPSA) is 45.2 Å². The van der Waals surface area contributed by atoms with E-state index in [1.165, 1.54) is 0 Å². The van der Waals surface area contributed by atoms with Gasteiger partial charge in [-0.25, -0.2) is 0 Å². The van der Waals surface area contributed by atoms with Crippen molar-refractivity contribution in [2.45, 2.75) is 12.5 Å². The molecule has 0 amide bonds. The van der Waals surface area contributed by atoms with E-state index in [1.54, 1.807) is 6.20 Å². The summed E-state index contributed by atoms with van der Waals surface area (Å²) in [5.41, 5.74) is 1.20. The highest BCUT2D eigenvalue weighted by molar-refractivity contribution is 5.22. The van der Waals surface area contributed by atoms with Gasteiger partial charge in [0.05, 0.1) is 5.69 Å². The van der Waals surface area contributed by atoms with Gasteiger partial charge in [0.15, 0.2) is 0 Å². The highest BCUT2D eigenvalue weighted by atomic mass is 16.3. The van der Waals surface area contributed by atoms with Gasteiger partial charge in [0.2, 0.25) is 0 Å². The number of nitrogens with one attached hydrogen (secondary N) is 1. The molecule has 0 saturated carbocycles. The highest BCUT2D eigenvalue weighted by Gasteiger charge is 2.37. The quantitative estimate of drug-likeness (QED) is 0.622. The second kappa shape index (κ2) is 2.54. The van der Waals surface area contributed by atoms with Crippen molar-refractivity contribution in [3.05, 3.63) is 29.6 Å². The first-order valence-corrected chi connectivity index (χ1v) is 4.07. The molecule has 0 aliphatic carbocycles. The molecule has 1 aliphatic heterocycles. The minimum atomic E-state index is -0.716. The second-order valence-electron chi connectivity index (χ2n) is 3.35. The van der Waals surface area contributed by atoms with Gasteiger partial charge in [-0.3, -0.25) is 4.98 Å². The van der Waals surface area contributed by atoms with Crippen molar-refractivity contribution in [3.63, 3.8) is 0 Å². The lowest BCUT2D eigenvalue weighted by Gasteiger charge is -2.36. The molecule has 2 N–H and O–H groups in total. The lowest BCUT2D eigenvalue weighted by molar-refractivity contribution is -0.0186. The number of hydrogen-bond acceptors (Lipinski definition) is 3. The average Bonchev–Trinajstić information content (AvgIpc) is 2.00. The van der Waals surface area contributed by atoms with Crippen LogP contribution in [-0.2, 0) is 5.60 Å². The Morgan fingerprint density at radius 2 is 2.33 bits per heavy atom. The van der Waals surface area contributed by atoms with Gasteiger partial charge in [-0.2, -0.15) is 0 Å². The third-order valence-corrected chi connectivity index (χ3v) is 2.23. The molecule has 2 rings (SSSR count). The third-order valence-electron chi connectivity index (χ3n) is 2.23. The maximum absolute atomic E-state index is 9.88.